The van der Waals surface area contributed by atoms with Crippen molar-refractivity contribution >= 4 is 34.4 Å². The molecular weight excluding hydrogens is 458 g/mol. The van der Waals surface area contributed by atoms with Crippen LogP contribution in [-0.4, -0.2) is 27.2 Å². The Labute approximate surface area is 200 Å². The van der Waals surface area contributed by atoms with Crippen molar-refractivity contribution in [3.63, 3.8) is 0 Å². The Morgan fingerprint density at radius 2 is 1.56 bits per heavy atom. The van der Waals surface area contributed by atoms with Crippen LogP contribution in [0.5, 0.6) is 17.2 Å². The first kappa shape index (κ1) is 23.2. The van der Waals surface area contributed by atoms with Gasteiger partial charge in [-0.05, 0) is 55.0 Å². The molecule has 0 aliphatic rings. The van der Waals surface area contributed by atoms with Gasteiger partial charge >= 0.3 is 0 Å². The van der Waals surface area contributed by atoms with Gasteiger partial charge in [-0.15, -0.1) is 0 Å². The molecule has 0 fully saturated rings. The van der Waals surface area contributed by atoms with E-state index in [1.54, 1.807) is 36.4 Å². The molecule has 0 saturated heterocycles. The number of ether oxygens (including phenoxy) is 3. The zero-order valence-electron chi connectivity index (χ0n) is 19.0. The molecule has 7 nitrogen and oxygen atoms in total. The second-order valence-electron chi connectivity index (χ2n) is 7.51. The maximum Gasteiger partial charge on any atom is 0.257 e. The minimum Gasteiger partial charge on any atom is -0.493 e. The van der Waals surface area contributed by atoms with E-state index in [0.717, 1.165) is 5.56 Å². The number of halogens is 1. The highest BCUT2D eigenvalue weighted by molar-refractivity contribution is 6.31. The SMILES string of the molecule is COc1cc(-c2c(NC(=O)c3ccc(C)cc3)oc3ccc(Cl)cc3c2=O)cc(OC)c1OC. The average Bonchev–Trinajstić information content (AvgIpc) is 2.84. The minimum absolute atomic E-state index is 0.0142. The summed E-state index contributed by atoms with van der Waals surface area (Å²) < 4.78 is 22.3. The number of nitrogens with one attached hydrogen (secondary N) is 1. The largest absolute Gasteiger partial charge is 0.493 e. The molecule has 0 aliphatic carbocycles. The van der Waals surface area contributed by atoms with E-state index in [2.05, 4.69) is 5.32 Å². The van der Waals surface area contributed by atoms with Crippen LogP contribution >= 0.6 is 11.6 Å². The lowest BCUT2D eigenvalue weighted by Crippen LogP contribution is -2.16. The predicted molar refractivity (Wildman–Crippen MR) is 132 cm³/mol. The molecule has 1 N–H and O–H groups in total. The molecule has 174 valence electrons. The van der Waals surface area contributed by atoms with Crippen LogP contribution in [0.1, 0.15) is 15.9 Å². The van der Waals surface area contributed by atoms with Crippen LogP contribution in [0, 0.1) is 6.92 Å². The number of aryl methyl sites for hydroxylation is 1. The first-order valence-electron chi connectivity index (χ1n) is 10.3. The summed E-state index contributed by atoms with van der Waals surface area (Å²) in [6.45, 7) is 1.93. The lowest BCUT2D eigenvalue weighted by atomic mass is 10.0. The van der Waals surface area contributed by atoms with Gasteiger partial charge in [0.05, 0.1) is 32.3 Å². The van der Waals surface area contributed by atoms with Gasteiger partial charge in [0.15, 0.2) is 11.5 Å². The molecule has 0 radical (unpaired) electrons. The Morgan fingerprint density at radius 1 is 0.912 bits per heavy atom. The standard InChI is InChI=1S/C26H22ClNO6/c1-14-5-7-15(8-6-14)25(30)28-26-22(23(29)18-13-17(27)9-10-19(18)34-26)16-11-20(31-2)24(33-4)21(12-16)32-3/h5-13H,1-4H3,(H,28,30). The number of fused-ring (bicyclic) bond motifs is 1. The number of methoxy groups -OCH3 is 3. The topological polar surface area (TPSA) is 87.0 Å². The van der Waals surface area contributed by atoms with Crippen molar-refractivity contribution in [2.24, 2.45) is 0 Å². The summed E-state index contributed by atoms with van der Waals surface area (Å²) in [6.07, 6.45) is 0. The molecule has 0 bridgehead atoms. The number of amides is 1. The third-order valence-electron chi connectivity index (χ3n) is 5.35. The highest BCUT2D eigenvalue weighted by atomic mass is 35.5. The third-order valence-corrected chi connectivity index (χ3v) is 5.58. The monoisotopic (exact) mass is 479 g/mol. The highest BCUT2D eigenvalue weighted by Gasteiger charge is 2.23. The number of hydrogen-bond donors (Lipinski definition) is 1. The van der Waals surface area contributed by atoms with E-state index in [1.807, 2.05) is 19.1 Å². The van der Waals surface area contributed by atoms with Crippen LogP contribution in [0.3, 0.4) is 0 Å². The molecule has 1 aromatic heterocycles. The fraction of sp³-hybridized carbons (Fsp3) is 0.154. The first-order chi connectivity index (χ1) is 16.4. The van der Waals surface area contributed by atoms with Crippen molar-refractivity contribution < 1.29 is 23.4 Å². The van der Waals surface area contributed by atoms with Crippen LogP contribution in [-0.2, 0) is 0 Å². The van der Waals surface area contributed by atoms with E-state index in [0.29, 0.717) is 33.4 Å². The van der Waals surface area contributed by atoms with Crippen LogP contribution in [0.15, 0.2) is 63.8 Å². The van der Waals surface area contributed by atoms with Gasteiger partial charge in [0.25, 0.3) is 5.91 Å². The molecule has 3 aromatic carbocycles. The molecule has 1 heterocycles. The van der Waals surface area contributed by atoms with E-state index in [4.69, 9.17) is 30.2 Å². The van der Waals surface area contributed by atoms with E-state index in [9.17, 15) is 9.59 Å². The Kier molecular flexibility index (Phi) is 6.47. The Bertz CT molecular complexity index is 1420. The highest BCUT2D eigenvalue weighted by Crippen LogP contribution is 2.42. The summed E-state index contributed by atoms with van der Waals surface area (Å²) in [6, 6.07) is 15.0. The van der Waals surface area contributed by atoms with Crippen LogP contribution in [0.2, 0.25) is 5.02 Å². The van der Waals surface area contributed by atoms with Crippen molar-refractivity contribution in [2.45, 2.75) is 6.92 Å². The fourth-order valence-electron chi connectivity index (χ4n) is 3.62. The molecule has 0 aliphatic heterocycles. The van der Waals surface area contributed by atoms with Crippen LogP contribution < -0.4 is 25.0 Å². The van der Waals surface area contributed by atoms with Crippen molar-refractivity contribution in [1.82, 2.24) is 0 Å². The maximum atomic E-state index is 13.6. The quantitative estimate of drug-likeness (QED) is 0.381. The second kappa shape index (κ2) is 9.49. The summed E-state index contributed by atoms with van der Waals surface area (Å²) in [4.78, 5) is 26.6. The lowest BCUT2D eigenvalue weighted by Gasteiger charge is -2.16. The van der Waals surface area contributed by atoms with Gasteiger partial charge in [0, 0.05) is 10.6 Å². The molecule has 0 atom stereocenters. The van der Waals surface area contributed by atoms with Crippen LogP contribution in [0.25, 0.3) is 22.1 Å². The molecule has 1 amide bonds. The normalized spacial score (nSPS) is 10.7. The molecule has 0 unspecified atom stereocenters. The van der Waals surface area contributed by atoms with E-state index < -0.39 is 5.91 Å². The van der Waals surface area contributed by atoms with Crippen LogP contribution in [0.4, 0.5) is 5.88 Å². The lowest BCUT2D eigenvalue weighted by molar-refractivity contribution is 0.102. The van der Waals surface area contributed by atoms with Crippen molar-refractivity contribution in [3.8, 4) is 28.4 Å². The summed E-state index contributed by atoms with van der Waals surface area (Å²) in [5, 5.41) is 3.39. The van der Waals surface area contributed by atoms with Gasteiger partial charge in [-0.25, -0.2) is 0 Å². The average molecular weight is 480 g/mol. The number of benzene rings is 3. The summed E-state index contributed by atoms with van der Waals surface area (Å²) in [7, 11) is 4.44. The van der Waals surface area contributed by atoms with Gasteiger partial charge in [-0.1, -0.05) is 29.3 Å². The summed E-state index contributed by atoms with van der Waals surface area (Å²) in [5.41, 5.74) is 1.87. The number of anilines is 1. The molecule has 0 spiro atoms. The molecule has 0 saturated carbocycles. The minimum atomic E-state index is -0.426. The smallest absolute Gasteiger partial charge is 0.257 e. The van der Waals surface area contributed by atoms with Gasteiger partial charge in [-0.3, -0.25) is 14.9 Å². The third kappa shape index (κ3) is 4.30. The summed E-state index contributed by atoms with van der Waals surface area (Å²) >= 11 is 6.13. The zero-order valence-corrected chi connectivity index (χ0v) is 19.8. The molecule has 4 rings (SSSR count). The van der Waals surface area contributed by atoms with Gasteiger partial charge in [-0.2, -0.15) is 0 Å². The predicted octanol–water partition coefficient (Wildman–Crippen LogP) is 5.70. The van der Waals surface area contributed by atoms with Gasteiger partial charge in [0.1, 0.15) is 5.58 Å². The number of carbonyl (C=O) groups is 1. The van der Waals surface area contributed by atoms with Crippen molar-refractivity contribution in [3.05, 3.63) is 81.0 Å². The van der Waals surface area contributed by atoms with Gasteiger partial charge in [0.2, 0.25) is 17.1 Å². The van der Waals surface area contributed by atoms with Crippen molar-refractivity contribution in [2.75, 3.05) is 26.6 Å². The number of hydrogen-bond acceptors (Lipinski definition) is 6. The second-order valence-corrected chi connectivity index (χ2v) is 7.95. The van der Waals surface area contributed by atoms with Crippen molar-refractivity contribution in [1.29, 1.82) is 0 Å². The zero-order chi connectivity index (χ0) is 24.4. The molecule has 34 heavy (non-hydrogen) atoms. The van der Waals surface area contributed by atoms with E-state index >= 15 is 0 Å². The molecule has 4 aromatic rings. The molecule has 8 heteroatoms. The Hall–Kier alpha value is -3.97. The number of carbonyl (C=O) groups excluding carboxylic acids is 1. The summed E-state index contributed by atoms with van der Waals surface area (Å²) in [5.74, 6) is 0.619. The Balaban J connectivity index is 1.96. The van der Waals surface area contributed by atoms with E-state index in [1.165, 1.54) is 27.4 Å². The molecular formula is C26H22ClNO6. The van der Waals surface area contributed by atoms with E-state index in [-0.39, 0.29) is 27.8 Å². The fourth-order valence-corrected chi connectivity index (χ4v) is 3.80. The van der Waals surface area contributed by atoms with Gasteiger partial charge < -0.3 is 18.6 Å². The maximum absolute atomic E-state index is 13.6. The Morgan fingerprint density at radius 3 is 2.15 bits per heavy atom. The first-order valence-corrected chi connectivity index (χ1v) is 10.7. The number of rotatable bonds is 6.